The number of fused-ring (bicyclic) bond motifs is 1. The molecule has 0 aliphatic carbocycles. The Morgan fingerprint density at radius 2 is 1.73 bits per heavy atom. The Morgan fingerprint density at radius 1 is 0.973 bits per heavy atom. The van der Waals surface area contributed by atoms with Crippen molar-refractivity contribution in [3.8, 4) is 23.1 Å². The first-order valence-electron chi connectivity index (χ1n) is 12.0. The van der Waals surface area contributed by atoms with E-state index in [-0.39, 0.29) is 16.9 Å². The molecule has 0 radical (unpaired) electrons. The van der Waals surface area contributed by atoms with E-state index in [1.165, 1.54) is 0 Å². The highest BCUT2D eigenvalue weighted by Crippen LogP contribution is 2.29. The fraction of sp³-hybridized carbons (Fsp3) is 0.214. The zero-order valence-electron chi connectivity index (χ0n) is 20.7. The second-order valence-electron chi connectivity index (χ2n) is 9.10. The van der Waals surface area contributed by atoms with Crippen LogP contribution in [0.25, 0.3) is 11.0 Å². The maximum Gasteiger partial charge on any atom is 0.307 e. The van der Waals surface area contributed by atoms with Gasteiger partial charge >= 0.3 is 4.87 Å². The van der Waals surface area contributed by atoms with Crippen LogP contribution in [0.1, 0.15) is 43.1 Å². The number of hydrogen-bond acceptors (Lipinski definition) is 7. The topological polar surface area (TPSA) is 112 Å². The molecule has 0 saturated heterocycles. The summed E-state index contributed by atoms with van der Waals surface area (Å²) in [7, 11) is 0. The van der Waals surface area contributed by atoms with E-state index in [1.807, 2.05) is 73.7 Å². The minimum Gasteiger partial charge on any atom is -0.494 e. The minimum atomic E-state index is -0.305. The van der Waals surface area contributed by atoms with Crippen LogP contribution in [0.2, 0.25) is 0 Å². The molecule has 3 aromatic carbocycles. The van der Waals surface area contributed by atoms with Crippen molar-refractivity contribution in [1.29, 1.82) is 0 Å². The van der Waals surface area contributed by atoms with Gasteiger partial charge in [-0.1, -0.05) is 29.5 Å². The summed E-state index contributed by atoms with van der Waals surface area (Å²) in [5.74, 6) is 2.81. The zero-order valence-corrected chi connectivity index (χ0v) is 21.6. The summed E-state index contributed by atoms with van der Waals surface area (Å²) in [5.41, 5.74) is 3.66. The van der Waals surface area contributed by atoms with Gasteiger partial charge in [0.15, 0.2) is 6.10 Å². The van der Waals surface area contributed by atoms with Crippen LogP contribution in [0.3, 0.4) is 0 Å². The second-order valence-corrected chi connectivity index (χ2v) is 10.2. The van der Waals surface area contributed by atoms with E-state index in [0.29, 0.717) is 34.7 Å². The first kappa shape index (κ1) is 24.5. The van der Waals surface area contributed by atoms with E-state index in [0.717, 1.165) is 39.4 Å². The lowest BCUT2D eigenvalue weighted by Crippen LogP contribution is -2.09. The largest absolute Gasteiger partial charge is 0.494 e. The molecule has 5 rings (SSSR count). The van der Waals surface area contributed by atoms with Crippen LogP contribution in [0.4, 0.5) is 5.69 Å². The second kappa shape index (κ2) is 10.4. The van der Waals surface area contributed by atoms with Gasteiger partial charge in [-0.15, -0.1) is 0 Å². The predicted octanol–water partition coefficient (Wildman–Crippen LogP) is 6.36. The number of hydrogen-bond donors (Lipinski definition) is 4. The molecule has 1 atom stereocenters. The maximum atomic E-state index is 11.4. The molecule has 0 amide bonds. The number of nitrogens with one attached hydrogen (secondary N) is 3. The van der Waals surface area contributed by atoms with E-state index in [4.69, 9.17) is 9.47 Å². The number of anilines is 1. The van der Waals surface area contributed by atoms with E-state index in [9.17, 15) is 9.90 Å². The van der Waals surface area contributed by atoms with Gasteiger partial charge in [-0.05, 0) is 62.7 Å². The van der Waals surface area contributed by atoms with Gasteiger partial charge in [-0.25, -0.2) is 4.98 Å². The Morgan fingerprint density at radius 3 is 2.46 bits per heavy atom. The highest BCUT2D eigenvalue weighted by molar-refractivity contribution is 7.09. The molecule has 4 N–H and O–H groups in total. The molecular formula is C28H28N4O4S. The van der Waals surface area contributed by atoms with Crippen LogP contribution >= 0.6 is 11.3 Å². The van der Waals surface area contributed by atoms with Crippen molar-refractivity contribution in [2.75, 3.05) is 5.32 Å². The lowest BCUT2D eigenvalue weighted by molar-refractivity contribution is 0.218. The third-order valence-corrected chi connectivity index (χ3v) is 6.55. The average molecular weight is 517 g/mol. The maximum absolute atomic E-state index is 11.4. The first-order chi connectivity index (χ1) is 17.8. The van der Waals surface area contributed by atoms with Crippen molar-refractivity contribution in [2.24, 2.45) is 0 Å². The van der Waals surface area contributed by atoms with E-state index >= 15 is 0 Å². The van der Waals surface area contributed by atoms with E-state index < -0.39 is 0 Å². The molecular weight excluding hydrogens is 488 g/mol. The zero-order chi connectivity index (χ0) is 25.9. The fourth-order valence-electron chi connectivity index (χ4n) is 3.99. The van der Waals surface area contributed by atoms with Crippen LogP contribution < -0.4 is 19.7 Å². The molecule has 37 heavy (non-hydrogen) atoms. The average Bonchev–Trinajstić information content (AvgIpc) is 3.42. The van der Waals surface area contributed by atoms with Crippen molar-refractivity contribution in [2.45, 2.75) is 39.3 Å². The molecule has 8 nitrogen and oxygen atoms in total. The van der Waals surface area contributed by atoms with Gasteiger partial charge in [0.05, 0.1) is 15.9 Å². The number of nitrogens with zero attached hydrogens (tertiary/aromatic N) is 1. The van der Waals surface area contributed by atoms with Crippen LogP contribution in [0.15, 0.2) is 71.5 Å². The number of aromatic nitrogens is 3. The molecule has 0 bridgehead atoms. The summed E-state index contributed by atoms with van der Waals surface area (Å²) < 4.78 is 12.2. The number of aromatic hydroxyl groups is 1. The molecule has 0 aliphatic heterocycles. The lowest BCUT2D eigenvalue weighted by atomic mass is 10.1. The first-order valence-corrected chi connectivity index (χ1v) is 12.8. The molecule has 5 aromatic rings. The van der Waals surface area contributed by atoms with Gasteiger partial charge in [-0.3, -0.25) is 9.78 Å². The highest BCUT2D eigenvalue weighted by atomic mass is 32.1. The number of rotatable bonds is 9. The Kier molecular flexibility index (Phi) is 6.87. The third kappa shape index (κ3) is 5.95. The summed E-state index contributed by atoms with van der Waals surface area (Å²) >= 11 is 1.01. The van der Waals surface area contributed by atoms with Crippen molar-refractivity contribution in [3.05, 3.63) is 92.7 Å². The van der Waals surface area contributed by atoms with Crippen molar-refractivity contribution in [1.82, 2.24) is 15.0 Å². The molecule has 0 aliphatic rings. The molecule has 9 heteroatoms. The summed E-state index contributed by atoms with van der Waals surface area (Å²) in [6, 6.07) is 21.6. The molecule has 2 aromatic heterocycles. The van der Waals surface area contributed by atoms with Gasteiger partial charge < -0.3 is 24.9 Å². The van der Waals surface area contributed by atoms with Crippen LogP contribution in [-0.4, -0.2) is 26.1 Å². The smallest absolute Gasteiger partial charge is 0.307 e. The van der Waals surface area contributed by atoms with E-state index in [1.54, 1.807) is 0 Å². The molecule has 0 fully saturated rings. The van der Waals surface area contributed by atoms with Crippen molar-refractivity contribution >= 4 is 28.1 Å². The monoisotopic (exact) mass is 516 g/mol. The molecule has 2 heterocycles. The van der Waals surface area contributed by atoms with Crippen LogP contribution in [0, 0.1) is 0 Å². The van der Waals surface area contributed by atoms with Gasteiger partial charge in [0.25, 0.3) is 0 Å². The number of aromatic amines is 2. The summed E-state index contributed by atoms with van der Waals surface area (Å²) in [5, 5.41) is 13.2. The van der Waals surface area contributed by atoms with Gasteiger partial charge in [0.2, 0.25) is 5.88 Å². The fourth-order valence-corrected chi connectivity index (χ4v) is 4.74. The van der Waals surface area contributed by atoms with Gasteiger partial charge in [0.1, 0.15) is 23.1 Å². The Balaban J connectivity index is 1.25. The number of imidazole rings is 1. The number of benzene rings is 3. The van der Waals surface area contributed by atoms with Gasteiger partial charge in [0, 0.05) is 30.3 Å². The van der Waals surface area contributed by atoms with E-state index in [2.05, 4.69) is 34.1 Å². The van der Waals surface area contributed by atoms with Crippen molar-refractivity contribution in [3.63, 3.8) is 0 Å². The Hall–Kier alpha value is -4.24. The quantitative estimate of drug-likeness (QED) is 0.181. The Labute approximate surface area is 217 Å². The molecule has 0 saturated carbocycles. The van der Waals surface area contributed by atoms with Crippen LogP contribution in [-0.2, 0) is 6.42 Å². The standard InChI is InChI=1S/C28H28N4O4S/c1-16(2)29-19-5-4-6-21(14-19)36-22-11-12-23-24(15-22)31-26(30-23)17(3)35-20-9-7-18(8-10-20)13-25-27(33)32-28(34)37-25/h4-12,14-17,29,33H,13H2,1-3H3,(H,30,31)(H,32,34). The molecule has 0 spiro atoms. The summed E-state index contributed by atoms with van der Waals surface area (Å²) in [4.78, 5) is 22.1. The van der Waals surface area contributed by atoms with Crippen molar-refractivity contribution < 1.29 is 14.6 Å². The minimum absolute atomic E-state index is 0.0703. The summed E-state index contributed by atoms with van der Waals surface area (Å²) in [6.07, 6.45) is 0.165. The number of ether oxygens (including phenoxy) is 2. The third-order valence-electron chi connectivity index (χ3n) is 5.68. The number of thiazole rings is 1. The van der Waals surface area contributed by atoms with Crippen LogP contribution in [0.5, 0.6) is 23.1 Å². The SMILES string of the molecule is CC(C)Nc1cccc(Oc2ccc3nc(C(C)Oc4ccc(Cc5sc(=O)[nH]c5O)cc4)[nH]c3c2)c1. The summed E-state index contributed by atoms with van der Waals surface area (Å²) in [6.45, 7) is 6.13. The predicted molar refractivity (Wildman–Crippen MR) is 146 cm³/mol. The molecule has 1 unspecified atom stereocenters. The highest BCUT2D eigenvalue weighted by Gasteiger charge is 2.14. The number of H-pyrrole nitrogens is 2. The normalized spacial score (nSPS) is 12.1. The Bertz CT molecular complexity index is 1570. The lowest BCUT2D eigenvalue weighted by Gasteiger charge is -2.12. The molecule has 190 valence electrons. The van der Waals surface area contributed by atoms with Gasteiger partial charge in [-0.2, -0.15) is 0 Å².